The van der Waals surface area contributed by atoms with Crippen LogP contribution in [0.5, 0.6) is 0 Å². The third-order valence-corrected chi connectivity index (χ3v) is 4.70. The summed E-state index contributed by atoms with van der Waals surface area (Å²) in [5.41, 5.74) is 0. The Morgan fingerprint density at radius 2 is 2.29 bits per heavy atom. The van der Waals surface area contributed by atoms with Crippen LogP contribution in [0.15, 0.2) is 0 Å². The molecule has 0 bridgehead atoms. The molecule has 96 valence electrons. The number of methoxy groups -OCH3 is 1. The molecule has 8 heteroatoms. The van der Waals surface area contributed by atoms with Crippen molar-refractivity contribution in [3.05, 3.63) is 0 Å². The molecule has 1 N–H and O–H groups in total. The summed E-state index contributed by atoms with van der Waals surface area (Å²) in [6.07, 6.45) is -0.0606. The lowest BCUT2D eigenvalue weighted by molar-refractivity contribution is 0.167. The maximum absolute atomic E-state index is 11.8. The average molecular weight is 261 g/mol. The summed E-state index contributed by atoms with van der Waals surface area (Å²) >= 11 is 0. The van der Waals surface area contributed by atoms with Crippen LogP contribution in [0.1, 0.15) is 13.3 Å². The molecule has 0 aromatic carbocycles. The largest absolute Gasteiger partial charge is 0.453 e. The summed E-state index contributed by atoms with van der Waals surface area (Å²) in [5, 5.41) is 10.1. The molecule has 17 heavy (non-hydrogen) atoms. The Kier molecular flexibility index (Phi) is 4.31. The van der Waals surface area contributed by atoms with Crippen molar-refractivity contribution >= 4 is 16.1 Å². The van der Waals surface area contributed by atoms with Crippen LogP contribution in [0.25, 0.3) is 0 Å². The van der Waals surface area contributed by atoms with Gasteiger partial charge < -0.3 is 10.1 Å². The van der Waals surface area contributed by atoms with Crippen LogP contribution < -0.4 is 5.32 Å². The molecule has 0 radical (unpaired) electrons. The Morgan fingerprint density at radius 1 is 1.65 bits per heavy atom. The highest BCUT2D eigenvalue weighted by molar-refractivity contribution is 7.89. The van der Waals surface area contributed by atoms with Crippen molar-refractivity contribution < 1.29 is 17.9 Å². The topological polar surface area (TPSA) is 99.5 Å². The van der Waals surface area contributed by atoms with Crippen molar-refractivity contribution in [2.45, 2.75) is 24.6 Å². The van der Waals surface area contributed by atoms with E-state index in [-0.39, 0.29) is 12.6 Å². The van der Waals surface area contributed by atoms with Gasteiger partial charge in [-0.05, 0) is 13.3 Å². The van der Waals surface area contributed by atoms with E-state index in [9.17, 15) is 13.2 Å². The Morgan fingerprint density at radius 3 is 2.82 bits per heavy atom. The first-order chi connectivity index (χ1) is 7.91. The predicted octanol–water partition coefficient (Wildman–Crippen LogP) is -0.341. The van der Waals surface area contributed by atoms with E-state index < -0.39 is 21.4 Å². The number of nitrogens with zero attached hydrogens (tertiary/aromatic N) is 2. The molecule has 0 aromatic rings. The highest BCUT2D eigenvalue weighted by atomic mass is 32.2. The average Bonchev–Trinajstić information content (AvgIpc) is 2.76. The highest BCUT2D eigenvalue weighted by Crippen LogP contribution is 2.17. The third-order valence-electron chi connectivity index (χ3n) is 2.65. The molecule has 0 aliphatic carbocycles. The first-order valence-electron chi connectivity index (χ1n) is 5.15. The number of ether oxygens (including phenoxy) is 1. The molecule has 1 aliphatic heterocycles. The molecule has 1 rings (SSSR count). The van der Waals surface area contributed by atoms with Crippen LogP contribution in [0.4, 0.5) is 4.79 Å². The molecule has 0 spiro atoms. The zero-order valence-electron chi connectivity index (χ0n) is 9.71. The SMILES string of the molecule is COC(=O)NC1CCN(S(=O)(=O)C(C)C#N)C1. The van der Waals surface area contributed by atoms with Crippen LogP contribution >= 0.6 is 0 Å². The lowest BCUT2D eigenvalue weighted by Crippen LogP contribution is -2.40. The minimum Gasteiger partial charge on any atom is -0.453 e. The first kappa shape index (κ1) is 13.7. The molecular formula is C9H15N3O4S. The quantitative estimate of drug-likeness (QED) is 0.749. The van der Waals surface area contributed by atoms with Gasteiger partial charge in [0.05, 0.1) is 13.2 Å². The molecule has 1 fully saturated rings. The molecule has 1 aliphatic rings. The number of hydrogen-bond acceptors (Lipinski definition) is 5. The number of carbonyl (C=O) groups is 1. The molecule has 0 saturated carbocycles. The maximum Gasteiger partial charge on any atom is 0.407 e. The summed E-state index contributed by atoms with van der Waals surface area (Å²) in [5.74, 6) is 0. The van der Waals surface area contributed by atoms with Crippen molar-refractivity contribution in [1.29, 1.82) is 5.26 Å². The summed E-state index contributed by atoms with van der Waals surface area (Å²) < 4.78 is 29.3. The van der Waals surface area contributed by atoms with E-state index >= 15 is 0 Å². The smallest absolute Gasteiger partial charge is 0.407 e. The lowest BCUT2D eigenvalue weighted by Gasteiger charge is -2.17. The normalized spacial score (nSPS) is 22.8. The van der Waals surface area contributed by atoms with Gasteiger partial charge in [0, 0.05) is 19.1 Å². The summed E-state index contributed by atoms with van der Waals surface area (Å²) in [4.78, 5) is 11.0. The number of amides is 1. The number of rotatable bonds is 3. The van der Waals surface area contributed by atoms with Gasteiger partial charge in [-0.1, -0.05) is 0 Å². The summed E-state index contributed by atoms with van der Waals surface area (Å²) in [7, 11) is -2.34. The van der Waals surface area contributed by atoms with Gasteiger partial charge >= 0.3 is 6.09 Å². The Bertz CT molecular complexity index is 428. The van der Waals surface area contributed by atoms with E-state index in [0.29, 0.717) is 13.0 Å². The second-order valence-corrected chi connectivity index (χ2v) is 6.05. The number of alkyl carbamates (subject to hydrolysis) is 1. The Labute approximate surface area is 100 Å². The zero-order chi connectivity index (χ0) is 13.1. The van der Waals surface area contributed by atoms with Gasteiger partial charge in [0.15, 0.2) is 5.25 Å². The number of carbonyl (C=O) groups excluding carboxylic acids is 1. The monoisotopic (exact) mass is 261 g/mol. The highest BCUT2D eigenvalue weighted by Gasteiger charge is 2.35. The molecule has 7 nitrogen and oxygen atoms in total. The maximum atomic E-state index is 11.8. The Hall–Kier alpha value is -1.33. The molecular weight excluding hydrogens is 246 g/mol. The lowest BCUT2D eigenvalue weighted by atomic mass is 10.3. The second kappa shape index (κ2) is 5.33. The van der Waals surface area contributed by atoms with Crippen molar-refractivity contribution in [2.75, 3.05) is 20.2 Å². The van der Waals surface area contributed by atoms with E-state index in [1.54, 1.807) is 6.07 Å². The van der Waals surface area contributed by atoms with E-state index in [1.165, 1.54) is 18.3 Å². The van der Waals surface area contributed by atoms with Gasteiger partial charge in [-0.15, -0.1) is 0 Å². The summed E-state index contributed by atoms with van der Waals surface area (Å²) in [6.45, 7) is 1.84. The number of nitriles is 1. The molecule has 1 saturated heterocycles. The number of nitrogens with one attached hydrogen (secondary N) is 1. The van der Waals surface area contributed by atoms with Crippen molar-refractivity contribution in [3.63, 3.8) is 0 Å². The van der Waals surface area contributed by atoms with Gasteiger partial charge in [-0.25, -0.2) is 13.2 Å². The fraction of sp³-hybridized carbons (Fsp3) is 0.778. The summed E-state index contributed by atoms with van der Waals surface area (Å²) in [6, 6.07) is 1.45. The fourth-order valence-corrected chi connectivity index (χ4v) is 2.92. The first-order valence-corrected chi connectivity index (χ1v) is 6.65. The van der Waals surface area contributed by atoms with E-state index in [0.717, 1.165) is 0 Å². The second-order valence-electron chi connectivity index (χ2n) is 3.80. The minimum atomic E-state index is -3.58. The van der Waals surface area contributed by atoms with Crippen LogP contribution in [0, 0.1) is 11.3 Å². The van der Waals surface area contributed by atoms with Crippen molar-refractivity contribution in [3.8, 4) is 6.07 Å². The fourth-order valence-electron chi connectivity index (χ4n) is 1.59. The van der Waals surface area contributed by atoms with Gasteiger partial charge in [0.2, 0.25) is 10.0 Å². The standard InChI is InChI=1S/C9H15N3O4S/c1-7(5-10)17(14,15)12-4-3-8(6-12)11-9(13)16-2/h7-8H,3-4,6H2,1-2H3,(H,11,13). The zero-order valence-corrected chi connectivity index (χ0v) is 10.5. The molecule has 1 amide bonds. The van der Waals surface area contributed by atoms with E-state index in [1.807, 2.05) is 0 Å². The van der Waals surface area contributed by atoms with Gasteiger partial charge in [0.1, 0.15) is 0 Å². The molecule has 1 heterocycles. The van der Waals surface area contributed by atoms with Crippen LogP contribution in [-0.4, -0.2) is 50.3 Å². The van der Waals surface area contributed by atoms with Crippen molar-refractivity contribution in [1.82, 2.24) is 9.62 Å². The van der Waals surface area contributed by atoms with E-state index in [2.05, 4.69) is 10.1 Å². The van der Waals surface area contributed by atoms with Crippen LogP contribution in [-0.2, 0) is 14.8 Å². The third kappa shape index (κ3) is 3.08. The van der Waals surface area contributed by atoms with Crippen LogP contribution in [0.2, 0.25) is 0 Å². The molecule has 2 unspecified atom stereocenters. The van der Waals surface area contributed by atoms with Gasteiger partial charge in [0.25, 0.3) is 0 Å². The Balaban J connectivity index is 2.62. The van der Waals surface area contributed by atoms with Gasteiger partial charge in [-0.3, -0.25) is 0 Å². The number of hydrogen-bond donors (Lipinski definition) is 1. The molecule has 0 aromatic heterocycles. The minimum absolute atomic E-state index is 0.184. The predicted molar refractivity (Wildman–Crippen MR) is 59.5 cm³/mol. The molecule has 2 atom stereocenters. The van der Waals surface area contributed by atoms with E-state index in [4.69, 9.17) is 5.26 Å². The number of sulfonamides is 1. The van der Waals surface area contributed by atoms with Gasteiger partial charge in [-0.2, -0.15) is 9.57 Å². The van der Waals surface area contributed by atoms with Crippen molar-refractivity contribution in [2.24, 2.45) is 0 Å². The van der Waals surface area contributed by atoms with Crippen LogP contribution in [0.3, 0.4) is 0 Å².